The lowest BCUT2D eigenvalue weighted by Crippen LogP contribution is -2.40. The van der Waals surface area contributed by atoms with E-state index in [2.05, 4.69) is 15.5 Å². The summed E-state index contributed by atoms with van der Waals surface area (Å²) in [5, 5.41) is 10.2. The summed E-state index contributed by atoms with van der Waals surface area (Å²) >= 11 is 7.31. The Kier molecular flexibility index (Phi) is 6.16. The van der Waals surface area contributed by atoms with Gasteiger partial charge in [-0.1, -0.05) is 16.7 Å². The zero-order valence-electron chi connectivity index (χ0n) is 15.6. The highest BCUT2D eigenvalue weighted by molar-refractivity contribution is 7.89. The molecular formula is C18H17ClN4O5S2. The lowest BCUT2D eigenvalue weighted by Gasteiger charge is -2.26. The summed E-state index contributed by atoms with van der Waals surface area (Å²) in [6.07, 6.45) is 0.411. The number of carbonyl (C=O) groups is 1. The van der Waals surface area contributed by atoms with Crippen molar-refractivity contribution in [3.8, 4) is 0 Å². The molecule has 0 radical (unpaired) electrons. The number of hydrogen-bond donors (Lipinski definition) is 1. The molecule has 1 saturated heterocycles. The fourth-order valence-electron chi connectivity index (χ4n) is 2.85. The van der Waals surface area contributed by atoms with Crippen LogP contribution < -0.4 is 5.32 Å². The highest BCUT2D eigenvalue weighted by atomic mass is 35.5. The smallest absolute Gasteiger partial charge is 0.322 e. The molecule has 0 saturated carbocycles. The number of hydrogen-bond acceptors (Lipinski definition) is 8. The van der Waals surface area contributed by atoms with E-state index in [0.29, 0.717) is 43.0 Å². The Morgan fingerprint density at radius 2 is 1.87 bits per heavy atom. The fraction of sp³-hybridized carbons (Fsp3) is 0.278. The fourth-order valence-corrected chi connectivity index (χ4v) is 5.34. The molecular weight excluding hydrogens is 452 g/mol. The van der Waals surface area contributed by atoms with Crippen LogP contribution in [0.15, 0.2) is 45.7 Å². The molecule has 9 nitrogen and oxygen atoms in total. The van der Waals surface area contributed by atoms with Gasteiger partial charge < -0.3 is 9.15 Å². The van der Waals surface area contributed by atoms with Crippen LogP contribution in [0.1, 0.15) is 21.1 Å². The van der Waals surface area contributed by atoms with Gasteiger partial charge in [0, 0.05) is 23.5 Å². The molecule has 0 aliphatic carbocycles. The number of amides is 1. The molecule has 158 valence electrons. The largest absolute Gasteiger partial charge is 0.407 e. The molecule has 0 bridgehead atoms. The van der Waals surface area contributed by atoms with Gasteiger partial charge >= 0.3 is 6.01 Å². The van der Waals surface area contributed by atoms with E-state index in [9.17, 15) is 13.2 Å². The summed E-state index contributed by atoms with van der Waals surface area (Å²) in [5.41, 5.74) is 0.265. The van der Waals surface area contributed by atoms with Gasteiger partial charge in [0.05, 0.1) is 28.9 Å². The van der Waals surface area contributed by atoms with E-state index in [1.165, 1.54) is 39.9 Å². The Morgan fingerprint density at radius 3 is 2.53 bits per heavy atom. The number of sulfonamides is 1. The van der Waals surface area contributed by atoms with E-state index in [1.54, 1.807) is 6.07 Å². The Bertz CT molecular complexity index is 1140. The number of ether oxygens (including phenoxy) is 1. The van der Waals surface area contributed by atoms with Crippen LogP contribution in [0.4, 0.5) is 6.01 Å². The van der Waals surface area contributed by atoms with E-state index in [-0.39, 0.29) is 16.5 Å². The lowest BCUT2D eigenvalue weighted by atomic mass is 10.2. The summed E-state index contributed by atoms with van der Waals surface area (Å²) < 4.78 is 37.9. The van der Waals surface area contributed by atoms with Crippen molar-refractivity contribution >= 4 is 44.9 Å². The maximum atomic E-state index is 12.6. The summed E-state index contributed by atoms with van der Waals surface area (Å²) in [7, 11) is -3.62. The average molecular weight is 469 g/mol. The summed E-state index contributed by atoms with van der Waals surface area (Å²) in [6.45, 7) is 1.35. The van der Waals surface area contributed by atoms with Crippen molar-refractivity contribution in [3.05, 3.63) is 57.1 Å². The van der Waals surface area contributed by atoms with Gasteiger partial charge in [0.1, 0.15) is 0 Å². The van der Waals surface area contributed by atoms with Gasteiger partial charge in [0.25, 0.3) is 5.91 Å². The zero-order chi connectivity index (χ0) is 21.1. The quantitative estimate of drug-likeness (QED) is 0.591. The molecule has 1 aliphatic rings. The monoisotopic (exact) mass is 468 g/mol. The van der Waals surface area contributed by atoms with Crippen LogP contribution in [-0.4, -0.2) is 55.1 Å². The first kappa shape index (κ1) is 20.9. The zero-order valence-corrected chi connectivity index (χ0v) is 18.0. The van der Waals surface area contributed by atoms with Crippen molar-refractivity contribution in [3.63, 3.8) is 0 Å². The van der Waals surface area contributed by atoms with E-state index >= 15 is 0 Å². The van der Waals surface area contributed by atoms with Gasteiger partial charge in [-0.2, -0.15) is 4.31 Å². The van der Waals surface area contributed by atoms with Crippen molar-refractivity contribution in [1.29, 1.82) is 0 Å². The Morgan fingerprint density at radius 1 is 1.13 bits per heavy atom. The molecule has 0 unspecified atom stereocenters. The molecule has 2 aromatic heterocycles. The van der Waals surface area contributed by atoms with Crippen LogP contribution >= 0.6 is 22.9 Å². The van der Waals surface area contributed by atoms with Crippen molar-refractivity contribution < 1.29 is 22.4 Å². The first-order chi connectivity index (χ1) is 14.4. The second-order valence-corrected chi connectivity index (χ2v) is 10.1. The standard InChI is InChI=1S/C18H17ClN4O5S2/c19-15-6-3-13(29-15)11-16-21-22-18(28-16)20-17(24)12-1-4-14(5-2-12)30(25,26)23-7-9-27-10-8-23/h1-6H,7-11H2,(H,20,22,24). The number of thiophene rings is 1. The highest BCUT2D eigenvalue weighted by Crippen LogP contribution is 2.24. The average Bonchev–Trinajstić information content (AvgIpc) is 3.37. The first-order valence-electron chi connectivity index (χ1n) is 8.98. The van der Waals surface area contributed by atoms with Gasteiger partial charge in [-0.15, -0.1) is 16.4 Å². The molecule has 4 rings (SSSR count). The van der Waals surface area contributed by atoms with Crippen molar-refractivity contribution in [2.75, 3.05) is 31.6 Å². The van der Waals surface area contributed by atoms with Crippen LogP contribution in [0.5, 0.6) is 0 Å². The third-order valence-corrected chi connectivity index (χ3v) is 7.51. The number of rotatable bonds is 6. The maximum Gasteiger partial charge on any atom is 0.322 e. The van der Waals surface area contributed by atoms with E-state index < -0.39 is 15.9 Å². The number of nitrogens with one attached hydrogen (secondary N) is 1. The van der Waals surface area contributed by atoms with E-state index in [0.717, 1.165) is 4.88 Å². The normalized spacial score (nSPS) is 15.2. The Hall–Kier alpha value is -2.31. The molecule has 0 atom stereocenters. The molecule has 1 amide bonds. The second-order valence-electron chi connectivity index (χ2n) is 6.38. The number of carbonyl (C=O) groups excluding carboxylic acids is 1. The molecule has 3 heterocycles. The molecule has 1 aliphatic heterocycles. The second kappa shape index (κ2) is 8.82. The van der Waals surface area contributed by atoms with Gasteiger partial charge in [-0.3, -0.25) is 10.1 Å². The van der Waals surface area contributed by atoms with Crippen molar-refractivity contribution in [2.24, 2.45) is 0 Å². The summed E-state index contributed by atoms with van der Waals surface area (Å²) in [4.78, 5) is 13.5. The molecule has 12 heteroatoms. The molecule has 1 N–H and O–H groups in total. The summed E-state index contributed by atoms with van der Waals surface area (Å²) in [5.74, 6) is -0.143. The van der Waals surface area contributed by atoms with Gasteiger partial charge in [0.2, 0.25) is 15.9 Å². The third kappa shape index (κ3) is 4.71. The predicted molar refractivity (Wildman–Crippen MR) is 110 cm³/mol. The minimum Gasteiger partial charge on any atom is -0.407 e. The number of halogens is 1. The van der Waals surface area contributed by atoms with Crippen LogP contribution in [0, 0.1) is 0 Å². The summed E-state index contributed by atoms with van der Waals surface area (Å²) in [6, 6.07) is 9.29. The van der Waals surface area contributed by atoms with E-state index in [1.807, 2.05) is 6.07 Å². The van der Waals surface area contributed by atoms with Crippen LogP contribution in [0.25, 0.3) is 0 Å². The molecule has 0 spiro atoms. The Balaban J connectivity index is 1.40. The van der Waals surface area contributed by atoms with Crippen LogP contribution in [0.2, 0.25) is 4.34 Å². The number of nitrogens with zero attached hydrogens (tertiary/aromatic N) is 3. The predicted octanol–water partition coefficient (Wildman–Crippen LogP) is 2.65. The first-order valence-corrected chi connectivity index (χ1v) is 11.6. The van der Waals surface area contributed by atoms with E-state index in [4.69, 9.17) is 20.8 Å². The minimum atomic E-state index is -3.62. The molecule has 1 aromatic carbocycles. The van der Waals surface area contributed by atoms with Crippen molar-refractivity contribution in [1.82, 2.24) is 14.5 Å². The Labute approximate surface area is 181 Å². The van der Waals surface area contributed by atoms with Gasteiger partial charge in [0.15, 0.2) is 0 Å². The van der Waals surface area contributed by atoms with Crippen LogP contribution in [-0.2, 0) is 21.2 Å². The van der Waals surface area contributed by atoms with Crippen LogP contribution in [0.3, 0.4) is 0 Å². The number of anilines is 1. The number of benzene rings is 1. The van der Waals surface area contributed by atoms with Gasteiger partial charge in [-0.25, -0.2) is 8.42 Å². The van der Waals surface area contributed by atoms with Crippen molar-refractivity contribution in [2.45, 2.75) is 11.3 Å². The lowest BCUT2D eigenvalue weighted by molar-refractivity contribution is 0.0730. The minimum absolute atomic E-state index is 0.0392. The maximum absolute atomic E-state index is 12.6. The SMILES string of the molecule is O=C(Nc1nnc(Cc2ccc(Cl)s2)o1)c1ccc(S(=O)(=O)N2CCOCC2)cc1. The molecule has 1 fully saturated rings. The molecule has 30 heavy (non-hydrogen) atoms. The van der Waals surface area contributed by atoms with Gasteiger partial charge in [-0.05, 0) is 36.4 Å². The highest BCUT2D eigenvalue weighted by Gasteiger charge is 2.26. The third-order valence-electron chi connectivity index (χ3n) is 4.37. The number of aromatic nitrogens is 2. The molecule has 3 aromatic rings. The topological polar surface area (TPSA) is 115 Å². The number of morpholine rings is 1.